The van der Waals surface area contributed by atoms with Crippen molar-refractivity contribution in [1.29, 1.82) is 0 Å². The van der Waals surface area contributed by atoms with Crippen molar-refractivity contribution in [3.05, 3.63) is 60.7 Å². The predicted molar refractivity (Wildman–Crippen MR) is 118 cm³/mol. The van der Waals surface area contributed by atoms with Gasteiger partial charge < -0.3 is 4.90 Å². The average Bonchev–Trinajstić information content (AvgIpc) is 2.77. The van der Waals surface area contributed by atoms with Gasteiger partial charge in [-0.2, -0.15) is 0 Å². The van der Waals surface area contributed by atoms with Crippen LogP contribution in [-0.2, 0) is 9.59 Å². The molecule has 1 aliphatic rings. The van der Waals surface area contributed by atoms with Crippen molar-refractivity contribution < 1.29 is 9.59 Å². The minimum atomic E-state index is -0.288. The van der Waals surface area contributed by atoms with Crippen molar-refractivity contribution in [1.82, 2.24) is 15.8 Å². The van der Waals surface area contributed by atoms with Gasteiger partial charge in [0.1, 0.15) is 0 Å². The number of amides is 2. The molecule has 0 bridgehead atoms. The van der Waals surface area contributed by atoms with Gasteiger partial charge in [-0.15, -0.1) is 11.8 Å². The molecular weight excluding hydrogens is 384 g/mol. The normalized spacial score (nSPS) is 15.6. The molecule has 1 atom stereocenters. The molecule has 2 amide bonds. The number of carbonyl (C=O) groups excluding carboxylic acids is 2. The zero-order valence-corrected chi connectivity index (χ0v) is 17.5. The molecule has 3 rings (SSSR count). The number of carbonyl (C=O) groups is 2. The summed E-state index contributed by atoms with van der Waals surface area (Å²) in [7, 11) is 0. The van der Waals surface area contributed by atoms with Gasteiger partial charge in [0.2, 0.25) is 5.91 Å². The molecule has 2 aromatic carbocycles. The summed E-state index contributed by atoms with van der Waals surface area (Å²) in [5.74, 6) is -0.371. The summed E-state index contributed by atoms with van der Waals surface area (Å²) >= 11 is 1.46. The Balaban J connectivity index is 1.31. The molecule has 0 aromatic heterocycles. The Bertz CT molecular complexity index is 780. The van der Waals surface area contributed by atoms with Crippen LogP contribution in [0.2, 0.25) is 0 Å². The maximum absolute atomic E-state index is 12.2. The Morgan fingerprint density at radius 2 is 1.55 bits per heavy atom. The molecule has 1 unspecified atom stereocenters. The molecule has 6 nitrogen and oxygen atoms in total. The lowest BCUT2D eigenvalue weighted by Crippen LogP contribution is -2.48. The summed E-state index contributed by atoms with van der Waals surface area (Å²) in [5.41, 5.74) is 6.31. The van der Waals surface area contributed by atoms with Crippen LogP contribution in [0.25, 0.3) is 0 Å². The second-order valence-corrected chi connectivity index (χ2v) is 8.44. The molecule has 2 N–H and O–H groups in total. The number of piperazine rings is 1. The van der Waals surface area contributed by atoms with E-state index in [0.29, 0.717) is 13.0 Å². The van der Waals surface area contributed by atoms with Gasteiger partial charge in [0.25, 0.3) is 5.91 Å². The Labute approximate surface area is 176 Å². The van der Waals surface area contributed by atoms with E-state index in [1.165, 1.54) is 17.4 Å². The Morgan fingerprint density at radius 3 is 2.21 bits per heavy atom. The van der Waals surface area contributed by atoms with Crippen LogP contribution in [0.1, 0.15) is 13.3 Å². The summed E-state index contributed by atoms with van der Waals surface area (Å²) in [6.45, 7) is 6.29. The average molecular weight is 413 g/mol. The van der Waals surface area contributed by atoms with E-state index in [0.717, 1.165) is 31.1 Å². The fraction of sp³-hybridized carbons (Fsp3) is 0.364. The van der Waals surface area contributed by atoms with Crippen LogP contribution in [-0.4, -0.2) is 54.7 Å². The fourth-order valence-electron chi connectivity index (χ4n) is 3.18. The zero-order valence-electron chi connectivity index (χ0n) is 16.7. The molecule has 0 aliphatic carbocycles. The lowest BCUT2D eigenvalue weighted by molar-refractivity contribution is -0.128. The molecule has 29 heavy (non-hydrogen) atoms. The van der Waals surface area contributed by atoms with Gasteiger partial charge in [-0.1, -0.05) is 36.4 Å². The predicted octanol–water partition coefficient (Wildman–Crippen LogP) is 2.53. The lowest BCUT2D eigenvalue weighted by atomic mass is 10.2. The second kappa shape index (κ2) is 10.9. The highest BCUT2D eigenvalue weighted by molar-refractivity contribution is 8.00. The molecule has 0 radical (unpaired) electrons. The van der Waals surface area contributed by atoms with E-state index in [2.05, 4.69) is 44.9 Å². The first-order valence-electron chi connectivity index (χ1n) is 9.94. The maximum Gasteiger partial charge on any atom is 0.251 e. The molecule has 7 heteroatoms. The third kappa shape index (κ3) is 6.80. The number of para-hydroxylation sites is 1. The number of anilines is 1. The number of nitrogens with one attached hydrogen (secondary N) is 2. The van der Waals surface area contributed by atoms with E-state index >= 15 is 0 Å². The smallest absolute Gasteiger partial charge is 0.251 e. The number of benzene rings is 2. The van der Waals surface area contributed by atoms with Crippen molar-refractivity contribution in [2.75, 3.05) is 37.6 Å². The van der Waals surface area contributed by atoms with E-state index < -0.39 is 0 Å². The molecule has 154 valence electrons. The second-order valence-electron chi connectivity index (χ2n) is 7.02. The number of thioether (sulfide) groups is 1. The quantitative estimate of drug-likeness (QED) is 0.540. The Kier molecular flexibility index (Phi) is 7.95. The highest BCUT2D eigenvalue weighted by atomic mass is 32.2. The van der Waals surface area contributed by atoms with Crippen LogP contribution in [0.4, 0.5) is 5.69 Å². The monoisotopic (exact) mass is 412 g/mol. The Morgan fingerprint density at radius 1 is 0.931 bits per heavy atom. The molecule has 1 saturated heterocycles. The highest BCUT2D eigenvalue weighted by Gasteiger charge is 2.18. The SMILES string of the molecule is CC(Sc1ccccc1)C(=O)NNC(=O)CCN1CCN(c2ccccc2)CC1. The first-order valence-corrected chi connectivity index (χ1v) is 10.8. The first-order chi connectivity index (χ1) is 14.1. The fourth-order valence-corrected chi connectivity index (χ4v) is 4.07. The highest BCUT2D eigenvalue weighted by Crippen LogP contribution is 2.22. The zero-order chi connectivity index (χ0) is 20.5. The van der Waals surface area contributed by atoms with E-state index in [4.69, 9.17) is 0 Å². The minimum Gasteiger partial charge on any atom is -0.369 e. The molecule has 1 aliphatic heterocycles. The number of hydrogen-bond acceptors (Lipinski definition) is 5. The van der Waals surface area contributed by atoms with Gasteiger partial charge in [-0.3, -0.25) is 25.3 Å². The number of hydrogen-bond donors (Lipinski definition) is 2. The largest absolute Gasteiger partial charge is 0.369 e. The standard InChI is InChI=1S/C22H28N4O2S/c1-18(29-20-10-6-3-7-11-20)22(28)24-23-21(27)12-13-25-14-16-26(17-15-25)19-8-4-2-5-9-19/h2-11,18H,12-17H2,1H3,(H,23,27)(H,24,28). The summed E-state index contributed by atoms with van der Waals surface area (Å²) < 4.78 is 0. The van der Waals surface area contributed by atoms with Crippen LogP contribution >= 0.6 is 11.8 Å². The molecule has 0 saturated carbocycles. The van der Waals surface area contributed by atoms with Gasteiger partial charge in [0.05, 0.1) is 5.25 Å². The number of rotatable bonds is 7. The van der Waals surface area contributed by atoms with Crippen LogP contribution in [0.3, 0.4) is 0 Å². The maximum atomic E-state index is 12.2. The summed E-state index contributed by atoms with van der Waals surface area (Å²) in [4.78, 5) is 29.9. The number of hydrazine groups is 1. The summed E-state index contributed by atoms with van der Waals surface area (Å²) in [5, 5.41) is -0.288. The van der Waals surface area contributed by atoms with E-state index in [1.54, 1.807) is 0 Å². The van der Waals surface area contributed by atoms with Crippen molar-refractivity contribution in [3.8, 4) is 0 Å². The molecule has 1 fully saturated rings. The van der Waals surface area contributed by atoms with Crippen molar-refractivity contribution >= 4 is 29.3 Å². The van der Waals surface area contributed by atoms with E-state index in [9.17, 15) is 9.59 Å². The van der Waals surface area contributed by atoms with Gasteiger partial charge in [0, 0.05) is 49.7 Å². The Hall–Kier alpha value is -2.51. The topological polar surface area (TPSA) is 64.7 Å². The van der Waals surface area contributed by atoms with Crippen LogP contribution in [0, 0.1) is 0 Å². The van der Waals surface area contributed by atoms with E-state index in [1.807, 2.05) is 43.3 Å². The van der Waals surface area contributed by atoms with Gasteiger partial charge in [-0.25, -0.2) is 0 Å². The van der Waals surface area contributed by atoms with Crippen LogP contribution in [0.15, 0.2) is 65.6 Å². The van der Waals surface area contributed by atoms with E-state index in [-0.39, 0.29) is 17.1 Å². The number of nitrogens with zero attached hydrogens (tertiary/aromatic N) is 2. The minimum absolute atomic E-state index is 0.166. The van der Waals surface area contributed by atoms with Gasteiger partial charge in [0.15, 0.2) is 0 Å². The van der Waals surface area contributed by atoms with Crippen molar-refractivity contribution in [2.24, 2.45) is 0 Å². The molecular formula is C22H28N4O2S. The van der Waals surface area contributed by atoms with Crippen LogP contribution < -0.4 is 15.8 Å². The molecule has 1 heterocycles. The van der Waals surface area contributed by atoms with Gasteiger partial charge in [-0.05, 0) is 31.2 Å². The summed E-state index contributed by atoms with van der Waals surface area (Å²) in [6.07, 6.45) is 0.367. The third-order valence-corrected chi connectivity index (χ3v) is 6.01. The van der Waals surface area contributed by atoms with Crippen molar-refractivity contribution in [2.45, 2.75) is 23.5 Å². The first kappa shape index (κ1) is 21.2. The summed E-state index contributed by atoms with van der Waals surface area (Å²) in [6, 6.07) is 20.1. The van der Waals surface area contributed by atoms with Crippen molar-refractivity contribution in [3.63, 3.8) is 0 Å². The molecule has 0 spiro atoms. The molecule has 2 aromatic rings. The van der Waals surface area contributed by atoms with Gasteiger partial charge >= 0.3 is 0 Å². The third-order valence-electron chi connectivity index (χ3n) is 4.90. The lowest BCUT2D eigenvalue weighted by Gasteiger charge is -2.36. The van der Waals surface area contributed by atoms with Crippen LogP contribution in [0.5, 0.6) is 0 Å².